The van der Waals surface area contributed by atoms with Gasteiger partial charge in [0.1, 0.15) is 11.5 Å². The maximum Gasteiger partial charge on any atom is 0.123 e. The van der Waals surface area contributed by atoms with E-state index in [0.29, 0.717) is 11.5 Å². The summed E-state index contributed by atoms with van der Waals surface area (Å²) in [6.07, 6.45) is 1.54. The van der Waals surface area contributed by atoms with Crippen molar-refractivity contribution in [2.75, 3.05) is 14.2 Å². The highest BCUT2D eigenvalue weighted by Gasteiger charge is 2.09. The number of hydrogen-bond acceptors (Lipinski definition) is 3. The molecule has 0 amide bonds. The van der Waals surface area contributed by atoms with Crippen LogP contribution in [0.5, 0.6) is 11.5 Å². The van der Waals surface area contributed by atoms with Crippen LogP contribution < -0.4 is 9.47 Å². The summed E-state index contributed by atoms with van der Waals surface area (Å²) in [5.41, 5.74) is 3.87. The van der Waals surface area contributed by atoms with E-state index >= 15 is 0 Å². The summed E-state index contributed by atoms with van der Waals surface area (Å²) in [5, 5.41) is 9.09. The van der Waals surface area contributed by atoms with Crippen molar-refractivity contribution in [3.05, 3.63) is 65.2 Å². The van der Waals surface area contributed by atoms with E-state index < -0.39 is 0 Å². The molecule has 0 aliphatic carbocycles. The van der Waals surface area contributed by atoms with E-state index in [4.69, 9.17) is 14.7 Å². The molecule has 3 nitrogen and oxygen atoms in total. The standard InChI is InChI=1S/C18H17NO2/c1-13-5-4-6-14(9-13)18(7-8-19)15-10-16(20-2)12-17(11-15)21-3/h4-7,9-12H,1-3H3. The Labute approximate surface area is 125 Å². The monoisotopic (exact) mass is 279 g/mol. The third-order valence-electron chi connectivity index (χ3n) is 3.20. The number of rotatable bonds is 4. The summed E-state index contributed by atoms with van der Waals surface area (Å²) in [5.74, 6) is 1.39. The van der Waals surface area contributed by atoms with E-state index in [-0.39, 0.29) is 0 Å². The number of nitrogens with zero attached hydrogens (tertiary/aromatic N) is 1. The van der Waals surface area contributed by atoms with Crippen LogP contribution in [-0.4, -0.2) is 14.2 Å². The topological polar surface area (TPSA) is 42.2 Å². The maximum absolute atomic E-state index is 9.09. The zero-order chi connectivity index (χ0) is 15.2. The van der Waals surface area contributed by atoms with Gasteiger partial charge in [0.05, 0.1) is 20.3 Å². The minimum Gasteiger partial charge on any atom is -0.497 e. The van der Waals surface area contributed by atoms with Crippen LogP contribution in [0, 0.1) is 18.3 Å². The van der Waals surface area contributed by atoms with Crippen LogP contribution in [0.25, 0.3) is 5.57 Å². The van der Waals surface area contributed by atoms with Gasteiger partial charge in [-0.25, -0.2) is 0 Å². The molecule has 0 spiro atoms. The van der Waals surface area contributed by atoms with E-state index in [9.17, 15) is 0 Å². The van der Waals surface area contributed by atoms with Crippen molar-refractivity contribution >= 4 is 5.57 Å². The molecule has 0 saturated carbocycles. The summed E-state index contributed by atoms with van der Waals surface area (Å²) in [7, 11) is 3.22. The molecule has 0 N–H and O–H groups in total. The van der Waals surface area contributed by atoms with Gasteiger partial charge in [0.15, 0.2) is 0 Å². The third-order valence-corrected chi connectivity index (χ3v) is 3.20. The van der Waals surface area contributed by atoms with E-state index in [0.717, 1.165) is 22.3 Å². The Morgan fingerprint density at radius 3 is 2.19 bits per heavy atom. The van der Waals surface area contributed by atoms with Gasteiger partial charge in [0.2, 0.25) is 0 Å². The van der Waals surface area contributed by atoms with Crippen LogP contribution in [0.3, 0.4) is 0 Å². The quantitative estimate of drug-likeness (QED) is 0.795. The first kappa shape index (κ1) is 14.7. The normalized spacial score (nSPS) is 10.9. The van der Waals surface area contributed by atoms with Crippen molar-refractivity contribution in [3.8, 4) is 17.6 Å². The second-order valence-corrected chi connectivity index (χ2v) is 4.66. The first-order valence-corrected chi connectivity index (χ1v) is 6.58. The van der Waals surface area contributed by atoms with E-state index in [1.165, 1.54) is 0 Å². The molecule has 21 heavy (non-hydrogen) atoms. The summed E-state index contributed by atoms with van der Waals surface area (Å²) in [4.78, 5) is 0. The Morgan fingerprint density at radius 2 is 1.67 bits per heavy atom. The second-order valence-electron chi connectivity index (χ2n) is 4.66. The first-order chi connectivity index (χ1) is 10.2. The highest BCUT2D eigenvalue weighted by atomic mass is 16.5. The fourth-order valence-electron chi connectivity index (χ4n) is 2.17. The highest BCUT2D eigenvalue weighted by Crippen LogP contribution is 2.31. The van der Waals surface area contributed by atoms with Gasteiger partial charge in [-0.3, -0.25) is 0 Å². The minimum absolute atomic E-state index is 0.695. The molecular formula is C18H17NO2. The van der Waals surface area contributed by atoms with Crippen LogP contribution in [0.4, 0.5) is 0 Å². The fraction of sp³-hybridized carbons (Fsp3) is 0.167. The predicted molar refractivity (Wildman–Crippen MR) is 83.4 cm³/mol. The molecule has 2 aromatic rings. The Morgan fingerprint density at radius 1 is 1.00 bits per heavy atom. The SMILES string of the molecule is COc1cc(OC)cc(C(=CC#N)c2cccc(C)c2)c1. The number of methoxy groups -OCH3 is 2. The number of aryl methyl sites for hydroxylation is 1. The zero-order valence-electron chi connectivity index (χ0n) is 12.4. The largest absolute Gasteiger partial charge is 0.497 e. The van der Waals surface area contributed by atoms with E-state index in [1.54, 1.807) is 20.3 Å². The molecule has 0 aliphatic rings. The van der Waals surface area contributed by atoms with Gasteiger partial charge in [0, 0.05) is 12.1 Å². The van der Waals surface area contributed by atoms with Gasteiger partial charge in [-0.1, -0.05) is 29.8 Å². The summed E-state index contributed by atoms with van der Waals surface area (Å²) in [6.45, 7) is 2.03. The van der Waals surface area contributed by atoms with Crippen molar-refractivity contribution < 1.29 is 9.47 Å². The van der Waals surface area contributed by atoms with Crippen molar-refractivity contribution in [2.24, 2.45) is 0 Å². The van der Waals surface area contributed by atoms with Crippen LogP contribution in [0.2, 0.25) is 0 Å². The molecule has 2 rings (SSSR count). The molecule has 0 atom stereocenters. The molecule has 0 aromatic heterocycles. The summed E-state index contributed by atoms with van der Waals surface area (Å²) in [6, 6.07) is 15.8. The maximum atomic E-state index is 9.09. The number of allylic oxidation sites excluding steroid dienone is 1. The molecule has 0 fully saturated rings. The molecule has 0 radical (unpaired) electrons. The summed E-state index contributed by atoms with van der Waals surface area (Å²) < 4.78 is 10.6. The lowest BCUT2D eigenvalue weighted by Crippen LogP contribution is -1.93. The number of benzene rings is 2. The molecule has 0 unspecified atom stereocenters. The molecule has 0 aliphatic heterocycles. The van der Waals surface area contributed by atoms with Gasteiger partial charge in [0.25, 0.3) is 0 Å². The Kier molecular flexibility index (Phi) is 4.63. The average Bonchev–Trinajstić information content (AvgIpc) is 2.52. The first-order valence-electron chi connectivity index (χ1n) is 6.58. The number of hydrogen-bond donors (Lipinski definition) is 0. The lowest BCUT2D eigenvalue weighted by atomic mass is 9.96. The fourth-order valence-corrected chi connectivity index (χ4v) is 2.17. The van der Waals surface area contributed by atoms with E-state index in [1.807, 2.05) is 43.3 Å². The predicted octanol–water partition coefficient (Wildman–Crippen LogP) is 3.97. The lowest BCUT2D eigenvalue weighted by molar-refractivity contribution is 0.394. The smallest absolute Gasteiger partial charge is 0.123 e. The highest BCUT2D eigenvalue weighted by molar-refractivity contribution is 5.82. The van der Waals surface area contributed by atoms with Crippen molar-refractivity contribution in [3.63, 3.8) is 0 Å². The van der Waals surface area contributed by atoms with Crippen LogP contribution in [0.1, 0.15) is 16.7 Å². The molecule has 0 bridgehead atoms. The summed E-state index contributed by atoms with van der Waals surface area (Å²) >= 11 is 0. The van der Waals surface area contributed by atoms with E-state index in [2.05, 4.69) is 12.1 Å². The third kappa shape index (κ3) is 3.43. The number of nitriles is 1. The lowest BCUT2D eigenvalue weighted by Gasteiger charge is -2.12. The van der Waals surface area contributed by atoms with Crippen molar-refractivity contribution in [1.82, 2.24) is 0 Å². The van der Waals surface area contributed by atoms with Crippen LogP contribution >= 0.6 is 0 Å². The number of ether oxygens (including phenoxy) is 2. The van der Waals surface area contributed by atoms with Crippen molar-refractivity contribution in [2.45, 2.75) is 6.92 Å². The van der Waals surface area contributed by atoms with Crippen LogP contribution in [0.15, 0.2) is 48.5 Å². The molecule has 2 aromatic carbocycles. The van der Waals surface area contributed by atoms with Gasteiger partial charge >= 0.3 is 0 Å². The van der Waals surface area contributed by atoms with Crippen LogP contribution in [-0.2, 0) is 0 Å². The van der Waals surface area contributed by atoms with Gasteiger partial charge < -0.3 is 9.47 Å². The average molecular weight is 279 g/mol. The van der Waals surface area contributed by atoms with Gasteiger partial charge in [-0.05, 0) is 35.8 Å². The molecular weight excluding hydrogens is 262 g/mol. The molecule has 0 heterocycles. The molecule has 106 valence electrons. The molecule has 3 heteroatoms. The van der Waals surface area contributed by atoms with Gasteiger partial charge in [-0.15, -0.1) is 0 Å². The second kappa shape index (κ2) is 6.62. The zero-order valence-corrected chi connectivity index (χ0v) is 12.4. The Balaban J connectivity index is 2.59. The minimum atomic E-state index is 0.695. The van der Waals surface area contributed by atoms with Gasteiger partial charge in [-0.2, -0.15) is 5.26 Å². The van der Waals surface area contributed by atoms with Crippen molar-refractivity contribution in [1.29, 1.82) is 5.26 Å². The molecule has 0 saturated heterocycles. The Hall–Kier alpha value is -2.73. The Bertz CT molecular complexity index is 689.